The first-order chi connectivity index (χ1) is 15.2. The van der Waals surface area contributed by atoms with Crippen LogP contribution in [0.2, 0.25) is 25.7 Å². The van der Waals surface area contributed by atoms with Gasteiger partial charge in [0, 0.05) is 38.4 Å². The van der Waals surface area contributed by atoms with Crippen molar-refractivity contribution in [2.24, 2.45) is 0 Å². The van der Waals surface area contributed by atoms with Crippen LogP contribution in [0.1, 0.15) is 42.6 Å². The predicted octanol–water partition coefficient (Wildman–Crippen LogP) is 4.56. The molecule has 1 aliphatic heterocycles. The zero-order chi connectivity index (χ0) is 22.9. The fourth-order valence-corrected chi connectivity index (χ4v) is 5.07. The van der Waals surface area contributed by atoms with Crippen LogP contribution in [-0.2, 0) is 11.5 Å². The van der Waals surface area contributed by atoms with Crippen LogP contribution in [0.3, 0.4) is 0 Å². The summed E-state index contributed by atoms with van der Waals surface area (Å²) in [7, 11) is 0.248. The van der Waals surface area contributed by atoms with Gasteiger partial charge in [0.15, 0.2) is 11.5 Å². The minimum Gasteiger partial charge on any atom is -0.481 e. The number of pyridine rings is 1. The third kappa shape index (κ3) is 4.88. The highest BCUT2D eigenvalue weighted by molar-refractivity contribution is 6.76. The number of halogens is 1. The third-order valence-electron chi connectivity index (χ3n) is 6.44. The molecule has 4 rings (SSSR count). The summed E-state index contributed by atoms with van der Waals surface area (Å²) in [6, 6.07) is 4.22. The van der Waals surface area contributed by atoms with Gasteiger partial charge in [-0.2, -0.15) is 5.10 Å². The normalized spacial score (nSPS) is 17.6. The van der Waals surface area contributed by atoms with Crippen LogP contribution < -0.4 is 4.74 Å². The molecule has 0 unspecified atom stereocenters. The van der Waals surface area contributed by atoms with E-state index >= 15 is 0 Å². The maximum absolute atomic E-state index is 14.7. The van der Waals surface area contributed by atoms with Crippen LogP contribution in [0, 0.1) is 5.82 Å². The topological polar surface area (TPSA) is 69.5 Å². The molecule has 32 heavy (non-hydrogen) atoms. The average Bonchev–Trinajstić information content (AvgIpc) is 3.38. The number of likely N-dealkylation sites (tertiary alicyclic amines) is 1. The van der Waals surface area contributed by atoms with Gasteiger partial charge in [-0.1, -0.05) is 19.6 Å². The van der Waals surface area contributed by atoms with Crippen molar-refractivity contribution in [3.8, 4) is 17.1 Å². The van der Waals surface area contributed by atoms with Crippen molar-refractivity contribution in [3.63, 3.8) is 0 Å². The van der Waals surface area contributed by atoms with E-state index in [1.807, 2.05) is 4.90 Å². The van der Waals surface area contributed by atoms with Gasteiger partial charge in [-0.3, -0.25) is 4.79 Å². The standard InChI is InChI=1S/C23H33FN4O3Si/c1-30-21-13-17(18(24)15-25-21)20-14-19(26-28(20)16-31-11-12-32(2,3)4)22(29)27-10-6-5-7-23(27)8-9-23/h13-15H,5-12,16H2,1-4H3. The molecule has 2 aromatic rings. The molecule has 0 radical (unpaired) electrons. The summed E-state index contributed by atoms with van der Waals surface area (Å²) in [4.78, 5) is 19.3. The zero-order valence-electron chi connectivity index (χ0n) is 19.5. The second kappa shape index (κ2) is 8.94. The number of carbonyl (C=O) groups excluding carboxylic acids is 1. The molecule has 1 aliphatic carbocycles. The maximum Gasteiger partial charge on any atom is 0.274 e. The van der Waals surface area contributed by atoms with Crippen LogP contribution in [-0.4, -0.2) is 59.4 Å². The highest BCUT2D eigenvalue weighted by Crippen LogP contribution is 2.48. The maximum atomic E-state index is 14.7. The average molecular weight is 461 g/mol. The number of ether oxygens (including phenoxy) is 2. The molecule has 0 bridgehead atoms. The first-order valence-electron chi connectivity index (χ1n) is 11.4. The summed E-state index contributed by atoms with van der Waals surface area (Å²) in [5.41, 5.74) is 1.12. The van der Waals surface area contributed by atoms with Crippen LogP contribution in [0.15, 0.2) is 18.3 Å². The summed E-state index contributed by atoms with van der Waals surface area (Å²) in [6.07, 6.45) is 6.48. The first-order valence-corrected chi connectivity index (χ1v) is 15.1. The number of amides is 1. The highest BCUT2D eigenvalue weighted by Gasteiger charge is 2.51. The van der Waals surface area contributed by atoms with Crippen molar-refractivity contribution in [2.75, 3.05) is 20.3 Å². The van der Waals surface area contributed by atoms with E-state index in [9.17, 15) is 9.18 Å². The van der Waals surface area contributed by atoms with Gasteiger partial charge in [0.05, 0.1) is 19.0 Å². The molecule has 1 amide bonds. The summed E-state index contributed by atoms with van der Waals surface area (Å²) in [5, 5.41) is 4.57. The van der Waals surface area contributed by atoms with E-state index in [1.54, 1.807) is 10.7 Å². The number of hydrogen-bond donors (Lipinski definition) is 0. The molecule has 9 heteroatoms. The SMILES string of the molecule is COc1cc(-c2cc(C(=O)N3CCCCC34CC4)nn2COCC[Si](C)(C)C)c(F)cn1. The fourth-order valence-electron chi connectivity index (χ4n) is 4.31. The quantitative estimate of drug-likeness (QED) is 0.427. The Bertz CT molecular complexity index is 984. The van der Waals surface area contributed by atoms with Gasteiger partial charge in [0.25, 0.3) is 5.91 Å². The van der Waals surface area contributed by atoms with Gasteiger partial charge in [-0.15, -0.1) is 0 Å². The van der Waals surface area contributed by atoms with Crippen molar-refractivity contribution in [1.29, 1.82) is 0 Å². The van der Waals surface area contributed by atoms with Crippen LogP contribution >= 0.6 is 0 Å². The molecule has 2 fully saturated rings. The molecule has 0 atom stereocenters. The largest absolute Gasteiger partial charge is 0.481 e. The van der Waals surface area contributed by atoms with E-state index in [2.05, 4.69) is 29.7 Å². The van der Waals surface area contributed by atoms with Crippen molar-refractivity contribution < 1.29 is 18.7 Å². The smallest absolute Gasteiger partial charge is 0.274 e. The number of nitrogens with zero attached hydrogens (tertiary/aromatic N) is 4. The Morgan fingerprint density at radius 3 is 2.69 bits per heavy atom. The zero-order valence-corrected chi connectivity index (χ0v) is 20.5. The lowest BCUT2D eigenvalue weighted by molar-refractivity contribution is 0.0558. The van der Waals surface area contributed by atoms with Crippen molar-refractivity contribution >= 4 is 14.0 Å². The molecule has 1 spiro atoms. The summed E-state index contributed by atoms with van der Waals surface area (Å²) < 4.78 is 27.4. The Morgan fingerprint density at radius 2 is 2.00 bits per heavy atom. The predicted molar refractivity (Wildman–Crippen MR) is 123 cm³/mol. The van der Waals surface area contributed by atoms with E-state index in [1.165, 1.54) is 13.2 Å². The molecule has 3 heterocycles. The Kier molecular flexibility index (Phi) is 6.40. The van der Waals surface area contributed by atoms with Gasteiger partial charge in [0.1, 0.15) is 6.73 Å². The lowest BCUT2D eigenvalue weighted by Gasteiger charge is -2.35. The summed E-state index contributed by atoms with van der Waals surface area (Å²) in [5.74, 6) is -0.273. The van der Waals surface area contributed by atoms with Gasteiger partial charge in [0.2, 0.25) is 5.88 Å². The number of piperidine rings is 1. The number of rotatable bonds is 8. The highest BCUT2D eigenvalue weighted by atomic mass is 28.3. The third-order valence-corrected chi connectivity index (χ3v) is 8.15. The minimum absolute atomic E-state index is 0.0122. The van der Waals surface area contributed by atoms with Gasteiger partial charge in [-0.05, 0) is 44.2 Å². The van der Waals surface area contributed by atoms with Gasteiger partial charge < -0.3 is 14.4 Å². The van der Waals surface area contributed by atoms with Gasteiger partial charge in [-0.25, -0.2) is 14.1 Å². The minimum atomic E-state index is -1.24. The summed E-state index contributed by atoms with van der Waals surface area (Å²) in [6.45, 7) is 8.38. The van der Waals surface area contributed by atoms with Crippen LogP contribution in [0.5, 0.6) is 5.88 Å². The van der Waals surface area contributed by atoms with E-state index in [-0.39, 0.29) is 23.7 Å². The van der Waals surface area contributed by atoms with Crippen molar-refractivity contribution in [1.82, 2.24) is 19.7 Å². The molecule has 1 saturated carbocycles. The Morgan fingerprint density at radius 1 is 1.22 bits per heavy atom. The number of carbonyl (C=O) groups is 1. The lowest BCUT2D eigenvalue weighted by Crippen LogP contribution is -2.45. The van der Waals surface area contributed by atoms with Crippen molar-refractivity contribution in [3.05, 3.63) is 29.8 Å². The first kappa shape index (κ1) is 22.9. The molecule has 2 aromatic heterocycles. The van der Waals surface area contributed by atoms with Crippen LogP contribution in [0.25, 0.3) is 11.3 Å². The summed E-state index contributed by atoms with van der Waals surface area (Å²) >= 11 is 0. The molecular formula is C23H33FN4O3Si. The molecule has 174 valence electrons. The molecule has 1 saturated heterocycles. The lowest BCUT2D eigenvalue weighted by atomic mass is 9.99. The Balaban J connectivity index is 1.63. The Hall–Kier alpha value is -2.26. The molecule has 0 aromatic carbocycles. The van der Waals surface area contributed by atoms with E-state index in [0.29, 0.717) is 23.9 Å². The number of aromatic nitrogens is 3. The molecule has 0 N–H and O–H groups in total. The van der Waals surface area contributed by atoms with Crippen LogP contribution in [0.4, 0.5) is 4.39 Å². The molecule has 7 nitrogen and oxygen atoms in total. The van der Waals surface area contributed by atoms with E-state index in [0.717, 1.165) is 50.9 Å². The molecule has 2 aliphatic rings. The second-order valence-electron chi connectivity index (χ2n) is 10.1. The van der Waals surface area contributed by atoms with E-state index < -0.39 is 13.9 Å². The van der Waals surface area contributed by atoms with Crippen molar-refractivity contribution in [2.45, 2.75) is 70.1 Å². The number of hydrogen-bond acceptors (Lipinski definition) is 5. The Labute approximate surface area is 189 Å². The second-order valence-corrected chi connectivity index (χ2v) is 15.7. The molecular weight excluding hydrogens is 427 g/mol. The number of methoxy groups -OCH3 is 1. The van der Waals surface area contributed by atoms with E-state index in [4.69, 9.17) is 9.47 Å². The fraction of sp³-hybridized carbons (Fsp3) is 0.609. The monoisotopic (exact) mass is 460 g/mol. The van der Waals surface area contributed by atoms with Gasteiger partial charge >= 0.3 is 0 Å².